The normalized spacial score (nSPS) is 25.8. The number of aryl methyl sites for hydroxylation is 1. The van der Waals surface area contributed by atoms with Crippen molar-refractivity contribution in [3.05, 3.63) is 17.5 Å². The lowest BCUT2D eigenvalue weighted by Crippen LogP contribution is -2.48. The number of piperidine rings is 1. The second kappa shape index (κ2) is 4.25. The number of carbonyl (C=O) groups is 1. The van der Waals surface area contributed by atoms with Gasteiger partial charge in [-0.25, -0.2) is 0 Å². The molecule has 2 unspecified atom stereocenters. The van der Waals surface area contributed by atoms with Crippen LogP contribution in [0.4, 0.5) is 0 Å². The van der Waals surface area contributed by atoms with E-state index in [0.29, 0.717) is 23.9 Å². The van der Waals surface area contributed by atoms with Crippen LogP contribution in [0.3, 0.4) is 0 Å². The number of carbonyl (C=O) groups excluding carboxylic acids is 1. The molecule has 2 heterocycles. The Kier molecular flexibility index (Phi) is 2.96. The van der Waals surface area contributed by atoms with E-state index in [0.717, 1.165) is 13.0 Å². The molecule has 5 nitrogen and oxygen atoms in total. The van der Waals surface area contributed by atoms with Gasteiger partial charge in [0.05, 0.1) is 0 Å². The zero-order valence-corrected chi connectivity index (χ0v) is 9.64. The summed E-state index contributed by atoms with van der Waals surface area (Å²) in [5, 5.41) is 3.73. The average molecular weight is 223 g/mol. The molecule has 1 aromatic heterocycles. The van der Waals surface area contributed by atoms with E-state index in [1.807, 2.05) is 0 Å². The van der Waals surface area contributed by atoms with E-state index >= 15 is 0 Å². The Morgan fingerprint density at radius 3 is 2.94 bits per heavy atom. The molecule has 1 fully saturated rings. The van der Waals surface area contributed by atoms with Crippen LogP contribution >= 0.6 is 0 Å². The quantitative estimate of drug-likeness (QED) is 0.764. The lowest BCUT2D eigenvalue weighted by molar-refractivity contribution is 0.0650. The number of aromatic nitrogens is 1. The summed E-state index contributed by atoms with van der Waals surface area (Å²) >= 11 is 0. The molecule has 2 N–H and O–H groups in total. The third-order valence-electron chi connectivity index (χ3n) is 2.83. The second-order valence-corrected chi connectivity index (χ2v) is 4.63. The smallest absolute Gasteiger partial charge is 0.276 e. The largest absolute Gasteiger partial charge is 0.361 e. The van der Waals surface area contributed by atoms with Crippen molar-refractivity contribution in [2.75, 3.05) is 13.1 Å². The van der Waals surface area contributed by atoms with E-state index in [1.54, 1.807) is 17.9 Å². The van der Waals surface area contributed by atoms with Gasteiger partial charge >= 0.3 is 0 Å². The minimum atomic E-state index is -0.0844. The van der Waals surface area contributed by atoms with Gasteiger partial charge in [0.15, 0.2) is 5.69 Å². The summed E-state index contributed by atoms with van der Waals surface area (Å²) in [4.78, 5) is 13.8. The maximum Gasteiger partial charge on any atom is 0.276 e. The minimum Gasteiger partial charge on any atom is -0.361 e. The van der Waals surface area contributed by atoms with E-state index in [1.165, 1.54) is 0 Å². The molecule has 0 aliphatic carbocycles. The average Bonchev–Trinajstić information content (AvgIpc) is 2.62. The minimum absolute atomic E-state index is 0.0701. The summed E-state index contributed by atoms with van der Waals surface area (Å²) < 4.78 is 4.90. The second-order valence-electron chi connectivity index (χ2n) is 4.63. The maximum atomic E-state index is 12.1. The highest BCUT2D eigenvalue weighted by atomic mass is 16.5. The third-order valence-corrected chi connectivity index (χ3v) is 2.83. The fraction of sp³-hybridized carbons (Fsp3) is 0.636. The molecule has 1 aliphatic heterocycles. The van der Waals surface area contributed by atoms with Gasteiger partial charge in [-0.15, -0.1) is 0 Å². The van der Waals surface area contributed by atoms with E-state index < -0.39 is 0 Å². The highest BCUT2D eigenvalue weighted by Crippen LogP contribution is 2.17. The van der Waals surface area contributed by atoms with Gasteiger partial charge in [-0.2, -0.15) is 0 Å². The molecule has 2 atom stereocenters. The van der Waals surface area contributed by atoms with Crippen LogP contribution in [0, 0.1) is 12.8 Å². The highest BCUT2D eigenvalue weighted by molar-refractivity contribution is 5.92. The summed E-state index contributed by atoms with van der Waals surface area (Å²) in [6, 6.07) is 1.73. The number of amides is 1. The number of nitrogens with two attached hydrogens (primary N) is 1. The molecule has 5 heteroatoms. The first-order valence-electron chi connectivity index (χ1n) is 5.54. The lowest BCUT2D eigenvalue weighted by Gasteiger charge is -2.34. The Labute approximate surface area is 94.6 Å². The molecule has 1 aromatic rings. The number of likely N-dealkylation sites (tertiary alicyclic amines) is 1. The van der Waals surface area contributed by atoms with Crippen molar-refractivity contribution in [1.29, 1.82) is 0 Å². The van der Waals surface area contributed by atoms with Crippen molar-refractivity contribution in [1.82, 2.24) is 10.1 Å². The SMILES string of the molecule is Cc1cc(C(=O)N2CC(C)CC(N)C2)no1. The molecule has 1 amide bonds. The van der Waals surface area contributed by atoms with Crippen LogP contribution in [0.1, 0.15) is 29.6 Å². The van der Waals surface area contributed by atoms with Gasteiger partial charge in [0, 0.05) is 25.2 Å². The molecule has 88 valence electrons. The maximum absolute atomic E-state index is 12.1. The first-order valence-corrected chi connectivity index (χ1v) is 5.54. The molecule has 0 aromatic carbocycles. The van der Waals surface area contributed by atoms with Crippen LogP contribution in [-0.2, 0) is 0 Å². The van der Waals surface area contributed by atoms with E-state index in [2.05, 4.69) is 12.1 Å². The van der Waals surface area contributed by atoms with Crippen LogP contribution < -0.4 is 5.73 Å². The summed E-state index contributed by atoms with van der Waals surface area (Å²) in [6.07, 6.45) is 0.974. The number of hydrogen-bond donors (Lipinski definition) is 1. The van der Waals surface area contributed by atoms with E-state index in [9.17, 15) is 4.79 Å². The van der Waals surface area contributed by atoms with Crippen molar-refractivity contribution in [3.8, 4) is 0 Å². The predicted octanol–water partition coefficient (Wildman–Crippen LogP) is 0.792. The van der Waals surface area contributed by atoms with Gasteiger partial charge < -0.3 is 15.2 Å². The zero-order valence-electron chi connectivity index (χ0n) is 9.64. The Morgan fingerprint density at radius 2 is 2.38 bits per heavy atom. The molecule has 2 rings (SSSR count). The van der Waals surface area contributed by atoms with Crippen LogP contribution in [-0.4, -0.2) is 35.1 Å². The van der Waals surface area contributed by atoms with Crippen LogP contribution in [0.5, 0.6) is 0 Å². The molecular formula is C11H17N3O2. The lowest BCUT2D eigenvalue weighted by atomic mass is 9.96. The molecule has 16 heavy (non-hydrogen) atoms. The van der Waals surface area contributed by atoms with Crippen molar-refractivity contribution >= 4 is 5.91 Å². The number of rotatable bonds is 1. The van der Waals surface area contributed by atoms with Gasteiger partial charge in [-0.1, -0.05) is 12.1 Å². The molecule has 0 bridgehead atoms. The van der Waals surface area contributed by atoms with Crippen LogP contribution in [0.2, 0.25) is 0 Å². The summed E-state index contributed by atoms with van der Waals surface area (Å²) in [5.74, 6) is 1.01. The van der Waals surface area contributed by atoms with E-state index in [-0.39, 0.29) is 11.9 Å². The Balaban J connectivity index is 2.09. The fourth-order valence-corrected chi connectivity index (χ4v) is 2.19. The molecule has 0 spiro atoms. The summed E-state index contributed by atoms with van der Waals surface area (Å²) in [6.45, 7) is 5.23. The first kappa shape index (κ1) is 11.1. The summed E-state index contributed by atoms with van der Waals surface area (Å²) in [7, 11) is 0. The standard InChI is InChI=1S/C11H17N3O2/c1-7-3-9(12)6-14(5-7)11(15)10-4-8(2)16-13-10/h4,7,9H,3,5-6,12H2,1-2H3. The van der Waals surface area contributed by atoms with Crippen molar-refractivity contribution in [2.24, 2.45) is 11.7 Å². The first-order chi connectivity index (χ1) is 7.56. The van der Waals surface area contributed by atoms with Gasteiger partial charge in [0.25, 0.3) is 5.91 Å². The van der Waals surface area contributed by atoms with Gasteiger partial charge in [0.1, 0.15) is 5.76 Å². The van der Waals surface area contributed by atoms with Crippen molar-refractivity contribution < 1.29 is 9.32 Å². The number of nitrogens with zero attached hydrogens (tertiary/aromatic N) is 2. The molecule has 1 aliphatic rings. The van der Waals surface area contributed by atoms with Crippen LogP contribution in [0.25, 0.3) is 0 Å². The fourth-order valence-electron chi connectivity index (χ4n) is 2.19. The number of hydrogen-bond acceptors (Lipinski definition) is 4. The van der Waals surface area contributed by atoms with Gasteiger partial charge in [-0.3, -0.25) is 4.79 Å². The Hall–Kier alpha value is -1.36. The predicted molar refractivity (Wildman–Crippen MR) is 58.9 cm³/mol. The molecule has 0 saturated carbocycles. The zero-order chi connectivity index (χ0) is 11.7. The van der Waals surface area contributed by atoms with Gasteiger partial charge in [0.2, 0.25) is 0 Å². The van der Waals surface area contributed by atoms with Gasteiger partial charge in [-0.05, 0) is 19.3 Å². The van der Waals surface area contributed by atoms with E-state index in [4.69, 9.17) is 10.3 Å². The molecule has 1 saturated heterocycles. The highest BCUT2D eigenvalue weighted by Gasteiger charge is 2.27. The Bertz CT molecular complexity index is 378. The Morgan fingerprint density at radius 1 is 1.62 bits per heavy atom. The molecule has 0 radical (unpaired) electrons. The van der Waals surface area contributed by atoms with Crippen LogP contribution in [0.15, 0.2) is 10.6 Å². The summed E-state index contributed by atoms with van der Waals surface area (Å²) in [5.41, 5.74) is 6.27. The monoisotopic (exact) mass is 223 g/mol. The van der Waals surface area contributed by atoms with Crippen molar-refractivity contribution in [2.45, 2.75) is 26.3 Å². The molecular weight excluding hydrogens is 206 g/mol. The third kappa shape index (κ3) is 2.24. The topological polar surface area (TPSA) is 72.4 Å². The van der Waals surface area contributed by atoms with Crippen molar-refractivity contribution in [3.63, 3.8) is 0 Å².